The monoisotopic (exact) mass is 181 g/mol. The van der Waals surface area contributed by atoms with Crippen molar-refractivity contribution in [3.63, 3.8) is 0 Å². The summed E-state index contributed by atoms with van der Waals surface area (Å²) in [6.07, 6.45) is 1.97. The summed E-state index contributed by atoms with van der Waals surface area (Å²) in [5, 5.41) is 0.225. The lowest BCUT2D eigenvalue weighted by molar-refractivity contribution is 0.0117. The van der Waals surface area contributed by atoms with Crippen LogP contribution in [0.25, 0.3) is 0 Å². The second kappa shape index (κ2) is 3.27. The van der Waals surface area contributed by atoms with Crippen molar-refractivity contribution in [3.05, 3.63) is 0 Å². The van der Waals surface area contributed by atoms with Crippen LogP contribution in [0.3, 0.4) is 0 Å². The van der Waals surface area contributed by atoms with E-state index >= 15 is 0 Å². The number of halogens is 2. The zero-order valence-corrected chi connectivity index (χ0v) is 7.63. The van der Waals surface area contributed by atoms with Crippen molar-refractivity contribution < 1.29 is 8.78 Å². The Balaban J connectivity index is 2.41. The molecule has 0 aromatic carbocycles. The molecule has 0 aromatic heterocycles. The van der Waals surface area contributed by atoms with E-state index in [4.69, 9.17) is 0 Å². The van der Waals surface area contributed by atoms with Crippen LogP contribution in [0.5, 0.6) is 0 Å². The summed E-state index contributed by atoms with van der Waals surface area (Å²) >= 11 is 1.62. The van der Waals surface area contributed by atoms with Crippen molar-refractivity contribution >= 4 is 11.8 Å². The molecule has 1 unspecified atom stereocenters. The van der Waals surface area contributed by atoms with Gasteiger partial charge < -0.3 is 0 Å². The molecule has 1 aliphatic heterocycles. The molecule has 0 saturated carbocycles. The Morgan fingerprint density at radius 2 is 2.18 bits per heavy atom. The second-order valence-electron chi connectivity index (χ2n) is 2.91. The summed E-state index contributed by atoms with van der Waals surface area (Å²) in [5.74, 6) is -2.44. The predicted molar refractivity (Wildman–Crippen MR) is 44.1 cm³/mol. The van der Waals surface area contributed by atoms with Crippen molar-refractivity contribution in [2.45, 2.75) is 24.6 Å². The number of hydrogen-bond acceptors (Lipinski definition) is 2. The van der Waals surface area contributed by atoms with Crippen molar-refractivity contribution in [2.75, 3.05) is 19.3 Å². The molecule has 0 spiro atoms. The maximum atomic E-state index is 12.6. The van der Waals surface area contributed by atoms with Gasteiger partial charge in [0.2, 0.25) is 0 Å². The van der Waals surface area contributed by atoms with E-state index in [1.165, 1.54) is 0 Å². The Hall–Kier alpha value is 0.170. The van der Waals surface area contributed by atoms with Gasteiger partial charge in [-0.3, -0.25) is 4.90 Å². The topological polar surface area (TPSA) is 3.24 Å². The molecule has 1 atom stereocenters. The summed E-state index contributed by atoms with van der Waals surface area (Å²) in [6.45, 7) is 2.44. The average Bonchev–Trinajstić information content (AvgIpc) is 2.29. The van der Waals surface area contributed by atoms with Crippen molar-refractivity contribution in [1.82, 2.24) is 4.90 Å². The standard InChI is InChI=1S/C7H13F2NS/c1-6(11-2)10-4-3-7(8,9)5-10/h6H,3-5H2,1-2H3. The molecule has 1 fully saturated rings. The van der Waals surface area contributed by atoms with Gasteiger partial charge in [0, 0.05) is 13.0 Å². The first-order valence-electron chi connectivity index (χ1n) is 3.70. The molecule has 1 aliphatic rings. The highest BCUT2D eigenvalue weighted by Gasteiger charge is 2.39. The Morgan fingerprint density at radius 1 is 1.55 bits per heavy atom. The van der Waals surface area contributed by atoms with Crippen LogP contribution in [-0.4, -0.2) is 35.5 Å². The minimum atomic E-state index is -2.44. The number of nitrogens with zero attached hydrogens (tertiary/aromatic N) is 1. The van der Waals surface area contributed by atoms with Gasteiger partial charge in [-0.25, -0.2) is 8.78 Å². The Labute approximate surface area is 70.1 Å². The molecule has 0 N–H and O–H groups in total. The van der Waals surface area contributed by atoms with Crippen LogP contribution < -0.4 is 0 Å². The highest BCUT2D eigenvalue weighted by atomic mass is 32.2. The van der Waals surface area contributed by atoms with E-state index in [2.05, 4.69) is 0 Å². The van der Waals surface area contributed by atoms with E-state index in [0.717, 1.165) is 0 Å². The van der Waals surface area contributed by atoms with Crippen molar-refractivity contribution in [3.8, 4) is 0 Å². The number of thioether (sulfide) groups is 1. The molecule has 0 amide bonds. The van der Waals surface area contributed by atoms with Crippen LogP contribution in [-0.2, 0) is 0 Å². The molecule has 1 nitrogen and oxygen atoms in total. The van der Waals surface area contributed by atoms with E-state index in [0.29, 0.717) is 6.54 Å². The number of rotatable bonds is 2. The Morgan fingerprint density at radius 3 is 2.55 bits per heavy atom. The molecule has 66 valence electrons. The fourth-order valence-corrected chi connectivity index (χ4v) is 1.70. The lowest BCUT2D eigenvalue weighted by Gasteiger charge is -2.21. The first-order valence-corrected chi connectivity index (χ1v) is 4.98. The van der Waals surface area contributed by atoms with Crippen molar-refractivity contribution in [1.29, 1.82) is 0 Å². The molecule has 0 bridgehead atoms. The Bertz CT molecular complexity index is 140. The normalized spacial score (nSPS) is 27.3. The summed E-state index contributed by atoms with van der Waals surface area (Å²) < 4.78 is 25.3. The number of alkyl halides is 2. The van der Waals surface area contributed by atoms with Crippen LogP contribution in [0.15, 0.2) is 0 Å². The lowest BCUT2D eigenvalue weighted by atomic mass is 10.3. The maximum absolute atomic E-state index is 12.6. The molecule has 1 heterocycles. The lowest BCUT2D eigenvalue weighted by Crippen LogP contribution is -2.30. The second-order valence-corrected chi connectivity index (χ2v) is 4.07. The zero-order valence-electron chi connectivity index (χ0n) is 6.81. The third kappa shape index (κ3) is 2.30. The van der Waals surface area contributed by atoms with Gasteiger partial charge >= 0.3 is 0 Å². The van der Waals surface area contributed by atoms with E-state index in [1.54, 1.807) is 11.8 Å². The van der Waals surface area contributed by atoms with E-state index in [9.17, 15) is 8.78 Å². The van der Waals surface area contributed by atoms with Gasteiger partial charge in [0.25, 0.3) is 5.92 Å². The fourth-order valence-electron chi connectivity index (χ4n) is 1.22. The average molecular weight is 181 g/mol. The molecule has 0 aliphatic carbocycles. The minimum absolute atomic E-state index is 0.0257. The number of likely N-dealkylation sites (tertiary alicyclic amines) is 1. The summed E-state index contributed by atoms with van der Waals surface area (Å²) in [7, 11) is 0. The van der Waals surface area contributed by atoms with Crippen LogP contribution in [0.4, 0.5) is 8.78 Å². The molecule has 1 saturated heterocycles. The molecular weight excluding hydrogens is 168 g/mol. The molecule has 0 radical (unpaired) electrons. The van der Waals surface area contributed by atoms with Crippen LogP contribution in [0.2, 0.25) is 0 Å². The van der Waals surface area contributed by atoms with Crippen molar-refractivity contribution in [2.24, 2.45) is 0 Å². The van der Waals surface area contributed by atoms with Gasteiger partial charge in [-0.15, -0.1) is 11.8 Å². The quantitative estimate of drug-likeness (QED) is 0.641. The summed E-state index contributed by atoms with van der Waals surface area (Å²) in [6, 6.07) is 0. The van der Waals surface area contributed by atoms with Crippen LogP contribution >= 0.6 is 11.8 Å². The zero-order chi connectivity index (χ0) is 8.48. The first kappa shape index (κ1) is 9.26. The molecule has 11 heavy (non-hydrogen) atoms. The smallest absolute Gasteiger partial charge is 0.261 e. The first-order chi connectivity index (χ1) is 5.05. The minimum Gasteiger partial charge on any atom is -0.286 e. The van der Waals surface area contributed by atoms with Crippen LogP contribution in [0.1, 0.15) is 13.3 Å². The maximum Gasteiger partial charge on any atom is 0.261 e. The third-order valence-electron chi connectivity index (χ3n) is 2.05. The van der Waals surface area contributed by atoms with Gasteiger partial charge in [0.05, 0.1) is 11.9 Å². The van der Waals surface area contributed by atoms with Crippen LogP contribution in [0, 0.1) is 0 Å². The molecular formula is C7H13F2NS. The van der Waals surface area contributed by atoms with E-state index in [-0.39, 0.29) is 18.3 Å². The van der Waals surface area contributed by atoms with E-state index < -0.39 is 5.92 Å². The third-order valence-corrected chi connectivity index (χ3v) is 3.03. The summed E-state index contributed by atoms with van der Waals surface area (Å²) in [5.41, 5.74) is 0. The number of hydrogen-bond donors (Lipinski definition) is 0. The van der Waals surface area contributed by atoms with Gasteiger partial charge in [-0.2, -0.15) is 0 Å². The van der Waals surface area contributed by atoms with Gasteiger partial charge in [0.15, 0.2) is 0 Å². The van der Waals surface area contributed by atoms with Gasteiger partial charge in [-0.1, -0.05) is 0 Å². The Kier molecular flexibility index (Phi) is 2.75. The predicted octanol–water partition coefficient (Wildman–Crippen LogP) is 2.04. The fraction of sp³-hybridized carbons (Fsp3) is 1.00. The van der Waals surface area contributed by atoms with Gasteiger partial charge in [-0.05, 0) is 13.2 Å². The highest BCUT2D eigenvalue weighted by Crippen LogP contribution is 2.29. The van der Waals surface area contributed by atoms with Gasteiger partial charge in [0.1, 0.15) is 0 Å². The molecule has 0 aromatic rings. The largest absolute Gasteiger partial charge is 0.286 e. The SMILES string of the molecule is CSC(C)N1CCC(F)(F)C1. The van der Waals surface area contributed by atoms with E-state index in [1.807, 2.05) is 18.1 Å². The molecule has 4 heteroatoms. The molecule has 1 rings (SSSR count). The summed E-state index contributed by atoms with van der Waals surface area (Å²) in [4.78, 5) is 1.82. The highest BCUT2D eigenvalue weighted by molar-refractivity contribution is 7.99.